The van der Waals surface area contributed by atoms with E-state index < -0.39 is 0 Å². The molecule has 0 aliphatic rings. The molecule has 0 spiro atoms. The lowest BCUT2D eigenvalue weighted by Crippen LogP contribution is -2.18. The minimum atomic E-state index is -0.289. The molecule has 2 nitrogen and oxygen atoms in total. The number of esters is 1. The second-order valence-corrected chi connectivity index (χ2v) is 5.18. The van der Waals surface area contributed by atoms with Crippen LogP contribution in [0.15, 0.2) is 0 Å². The zero-order chi connectivity index (χ0) is 13.6. The molecule has 0 radical (unpaired) electrons. The number of carbonyl (C=O) groups excluding carboxylic acids is 1. The van der Waals surface area contributed by atoms with Crippen molar-refractivity contribution in [1.82, 2.24) is 0 Å². The topological polar surface area (TPSA) is 26.3 Å². The largest absolute Gasteiger partial charge is 0.462 e. The summed E-state index contributed by atoms with van der Waals surface area (Å²) in [4.78, 5) is 11.1. The van der Waals surface area contributed by atoms with Crippen molar-refractivity contribution in [3.05, 3.63) is 0 Å². The molecule has 108 valence electrons. The third kappa shape index (κ3) is 10.9. The van der Waals surface area contributed by atoms with Gasteiger partial charge in [0.15, 0.2) is 0 Å². The van der Waals surface area contributed by atoms with Crippen molar-refractivity contribution in [3.63, 3.8) is 0 Å². The standard InChI is InChI=1S/C15H29ClO2/c1-3-5-6-7-8-9-10-11-12-14(4-2)18-15(17)13-16/h14H,3-13H2,1-2H3. The fraction of sp³-hybridized carbons (Fsp3) is 0.933. The Kier molecular flexibility index (Phi) is 13.0. The zero-order valence-electron chi connectivity index (χ0n) is 12.0. The Morgan fingerprint density at radius 3 is 2.06 bits per heavy atom. The van der Waals surface area contributed by atoms with Gasteiger partial charge in [0.05, 0.1) is 0 Å². The van der Waals surface area contributed by atoms with Gasteiger partial charge in [-0.15, -0.1) is 11.6 Å². The van der Waals surface area contributed by atoms with E-state index in [9.17, 15) is 4.79 Å². The van der Waals surface area contributed by atoms with E-state index in [1.807, 2.05) is 0 Å². The summed E-state index contributed by atoms with van der Waals surface area (Å²) >= 11 is 5.42. The van der Waals surface area contributed by atoms with E-state index in [1.54, 1.807) is 0 Å². The minimum absolute atomic E-state index is 0.0338. The van der Waals surface area contributed by atoms with Gasteiger partial charge in [0.2, 0.25) is 0 Å². The first-order valence-electron chi connectivity index (χ1n) is 7.50. The van der Waals surface area contributed by atoms with Crippen LogP contribution in [0.25, 0.3) is 0 Å². The highest BCUT2D eigenvalue weighted by molar-refractivity contribution is 6.26. The van der Waals surface area contributed by atoms with Crippen molar-refractivity contribution in [3.8, 4) is 0 Å². The molecule has 0 aliphatic heterocycles. The number of alkyl halides is 1. The Labute approximate surface area is 117 Å². The van der Waals surface area contributed by atoms with Gasteiger partial charge < -0.3 is 4.74 Å². The van der Waals surface area contributed by atoms with Crippen molar-refractivity contribution >= 4 is 17.6 Å². The van der Waals surface area contributed by atoms with E-state index >= 15 is 0 Å². The molecule has 0 heterocycles. The first kappa shape index (κ1) is 17.8. The molecular weight excluding hydrogens is 248 g/mol. The second-order valence-electron chi connectivity index (χ2n) is 4.92. The number of carbonyl (C=O) groups is 1. The lowest BCUT2D eigenvalue weighted by atomic mass is 10.0. The van der Waals surface area contributed by atoms with Crippen LogP contribution in [0.4, 0.5) is 0 Å². The molecule has 0 aliphatic carbocycles. The van der Waals surface area contributed by atoms with E-state index in [-0.39, 0.29) is 18.0 Å². The molecule has 18 heavy (non-hydrogen) atoms. The Hall–Kier alpha value is -0.240. The molecule has 0 amide bonds. The summed E-state index contributed by atoms with van der Waals surface area (Å²) < 4.78 is 5.24. The van der Waals surface area contributed by atoms with Gasteiger partial charge in [0, 0.05) is 0 Å². The summed E-state index contributed by atoms with van der Waals surface area (Å²) in [5, 5.41) is 0. The van der Waals surface area contributed by atoms with Gasteiger partial charge in [-0.25, -0.2) is 0 Å². The van der Waals surface area contributed by atoms with Crippen LogP contribution in [0.2, 0.25) is 0 Å². The SMILES string of the molecule is CCCCCCCCCCC(CC)OC(=O)CCl. The molecule has 1 unspecified atom stereocenters. The van der Waals surface area contributed by atoms with Crippen LogP contribution in [0.3, 0.4) is 0 Å². The van der Waals surface area contributed by atoms with Gasteiger partial charge in [-0.1, -0.05) is 58.8 Å². The van der Waals surface area contributed by atoms with Crippen LogP contribution in [0.5, 0.6) is 0 Å². The van der Waals surface area contributed by atoms with Gasteiger partial charge in [0.25, 0.3) is 0 Å². The molecule has 0 N–H and O–H groups in total. The number of unbranched alkanes of at least 4 members (excludes halogenated alkanes) is 7. The van der Waals surface area contributed by atoms with E-state index in [1.165, 1.54) is 44.9 Å². The Morgan fingerprint density at radius 1 is 1.00 bits per heavy atom. The summed E-state index contributed by atoms with van der Waals surface area (Å²) in [6.45, 7) is 4.30. The molecule has 0 bridgehead atoms. The lowest BCUT2D eigenvalue weighted by molar-refractivity contribution is -0.146. The number of ether oxygens (including phenoxy) is 1. The highest BCUT2D eigenvalue weighted by Crippen LogP contribution is 2.13. The van der Waals surface area contributed by atoms with Crippen molar-refractivity contribution in [2.24, 2.45) is 0 Å². The molecule has 0 rings (SSSR count). The van der Waals surface area contributed by atoms with Crippen LogP contribution in [-0.4, -0.2) is 18.0 Å². The van der Waals surface area contributed by atoms with Crippen LogP contribution in [0, 0.1) is 0 Å². The number of rotatable bonds is 12. The maximum Gasteiger partial charge on any atom is 0.321 e. The van der Waals surface area contributed by atoms with Crippen molar-refractivity contribution in [2.45, 2.75) is 84.2 Å². The summed E-state index contributed by atoms with van der Waals surface area (Å²) in [7, 11) is 0. The second kappa shape index (κ2) is 13.2. The quantitative estimate of drug-likeness (QED) is 0.282. The zero-order valence-corrected chi connectivity index (χ0v) is 12.8. The molecule has 1 atom stereocenters. The summed E-state index contributed by atoms with van der Waals surface area (Å²) in [5.41, 5.74) is 0. The predicted octanol–water partition coefficient (Wildman–Crippen LogP) is 5.08. The molecule has 0 aromatic heterocycles. The molecule has 0 saturated carbocycles. The third-order valence-corrected chi connectivity index (χ3v) is 3.46. The average molecular weight is 277 g/mol. The van der Waals surface area contributed by atoms with E-state index in [2.05, 4.69) is 13.8 Å². The fourth-order valence-corrected chi connectivity index (χ4v) is 2.13. The summed E-state index contributed by atoms with van der Waals surface area (Å²) in [5.74, 6) is -0.323. The number of hydrogen-bond acceptors (Lipinski definition) is 2. The highest BCUT2D eigenvalue weighted by Gasteiger charge is 2.10. The van der Waals surface area contributed by atoms with Crippen LogP contribution in [0.1, 0.15) is 78.1 Å². The van der Waals surface area contributed by atoms with Gasteiger partial charge >= 0.3 is 5.97 Å². The van der Waals surface area contributed by atoms with Gasteiger partial charge in [-0.3, -0.25) is 4.79 Å². The van der Waals surface area contributed by atoms with E-state index in [4.69, 9.17) is 16.3 Å². The molecule has 0 aromatic carbocycles. The van der Waals surface area contributed by atoms with E-state index in [0.29, 0.717) is 0 Å². The molecular formula is C15H29ClO2. The smallest absolute Gasteiger partial charge is 0.321 e. The third-order valence-electron chi connectivity index (χ3n) is 3.24. The predicted molar refractivity (Wildman–Crippen MR) is 78.1 cm³/mol. The first-order valence-corrected chi connectivity index (χ1v) is 8.03. The Balaban J connectivity index is 3.37. The van der Waals surface area contributed by atoms with Crippen LogP contribution in [-0.2, 0) is 9.53 Å². The van der Waals surface area contributed by atoms with Gasteiger partial charge in [-0.2, -0.15) is 0 Å². The molecule has 0 fully saturated rings. The van der Waals surface area contributed by atoms with E-state index in [0.717, 1.165) is 19.3 Å². The fourth-order valence-electron chi connectivity index (χ4n) is 2.07. The normalized spacial score (nSPS) is 12.4. The van der Waals surface area contributed by atoms with Gasteiger partial charge in [-0.05, 0) is 19.3 Å². The van der Waals surface area contributed by atoms with Crippen molar-refractivity contribution in [1.29, 1.82) is 0 Å². The number of hydrogen-bond donors (Lipinski definition) is 0. The van der Waals surface area contributed by atoms with Crippen molar-refractivity contribution < 1.29 is 9.53 Å². The lowest BCUT2D eigenvalue weighted by Gasteiger charge is -2.15. The summed E-state index contributed by atoms with van der Waals surface area (Å²) in [6.07, 6.45) is 12.4. The maximum atomic E-state index is 11.1. The first-order chi connectivity index (χ1) is 8.74. The monoisotopic (exact) mass is 276 g/mol. The highest BCUT2D eigenvalue weighted by atomic mass is 35.5. The van der Waals surface area contributed by atoms with Crippen molar-refractivity contribution in [2.75, 3.05) is 5.88 Å². The molecule has 0 aromatic rings. The molecule has 3 heteroatoms. The Morgan fingerprint density at radius 2 is 1.56 bits per heavy atom. The van der Waals surface area contributed by atoms with Gasteiger partial charge in [0.1, 0.15) is 12.0 Å². The van der Waals surface area contributed by atoms with Crippen LogP contribution >= 0.6 is 11.6 Å². The molecule has 0 saturated heterocycles. The summed E-state index contributed by atoms with van der Waals surface area (Å²) in [6, 6.07) is 0. The average Bonchev–Trinajstić information content (AvgIpc) is 2.40. The Bertz CT molecular complexity index is 195. The maximum absolute atomic E-state index is 11.1. The minimum Gasteiger partial charge on any atom is -0.462 e. The van der Waals surface area contributed by atoms with Crippen LogP contribution < -0.4 is 0 Å². The number of halogens is 1.